The van der Waals surface area contributed by atoms with E-state index in [4.69, 9.17) is 23.2 Å². The molecule has 0 bridgehead atoms. The van der Waals surface area contributed by atoms with E-state index < -0.39 is 0 Å². The first kappa shape index (κ1) is 13.7. The Labute approximate surface area is 117 Å². The van der Waals surface area contributed by atoms with E-state index in [-0.39, 0.29) is 11.9 Å². The molecule has 0 radical (unpaired) electrons. The zero-order chi connectivity index (χ0) is 13.1. The van der Waals surface area contributed by atoms with Gasteiger partial charge in [0.15, 0.2) is 0 Å². The van der Waals surface area contributed by atoms with Gasteiger partial charge < -0.3 is 10.2 Å². The molecular formula is C13H16Cl2N2O. The van der Waals surface area contributed by atoms with Crippen LogP contribution in [0.25, 0.3) is 0 Å². The maximum atomic E-state index is 12.4. The van der Waals surface area contributed by atoms with Crippen LogP contribution in [0.2, 0.25) is 10.0 Å². The molecule has 1 atom stereocenters. The van der Waals surface area contributed by atoms with E-state index in [1.807, 2.05) is 7.05 Å². The van der Waals surface area contributed by atoms with E-state index >= 15 is 0 Å². The Balaban J connectivity index is 2.16. The molecule has 5 heteroatoms. The van der Waals surface area contributed by atoms with Crippen molar-refractivity contribution in [1.82, 2.24) is 10.2 Å². The van der Waals surface area contributed by atoms with Crippen LogP contribution in [0, 0.1) is 0 Å². The first-order valence-corrected chi connectivity index (χ1v) is 6.78. The lowest BCUT2D eigenvalue weighted by molar-refractivity contribution is 0.0708. The van der Waals surface area contributed by atoms with Gasteiger partial charge in [-0.15, -0.1) is 0 Å². The number of piperidine rings is 1. The minimum Gasteiger partial charge on any atom is -0.337 e. The smallest absolute Gasteiger partial charge is 0.255 e. The molecule has 0 spiro atoms. The number of carbonyl (C=O) groups is 1. The van der Waals surface area contributed by atoms with Crippen molar-refractivity contribution in [3.8, 4) is 0 Å². The average molecular weight is 287 g/mol. The third kappa shape index (κ3) is 2.97. The van der Waals surface area contributed by atoms with Gasteiger partial charge in [0, 0.05) is 24.7 Å². The van der Waals surface area contributed by atoms with E-state index in [1.165, 1.54) is 0 Å². The quantitative estimate of drug-likeness (QED) is 0.907. The number of nitrogens with zero attached hydrogens (tertiary/aromatic N) is 1. The van der Waals surface area contributed by atoms with Gasteiger partial charge in [0.05, 0.1) is 10.6 Å². The maximum absolute atomic E-state index is 12.4. The van der Waals surface area contributed by atoms with E-state index in [0.29, 0.717) is 15.6 Å². The number of carbonyl (C=O) groups excluding carboxylic acids is 1. The predicted octanol–water partition coefficient (Wildman–Crippen LogP) is 2.82. The van der Waals surface area contributed by atoms with Crippen LogP contribution in [0.5, 0.6) is 0 Å². The second-order valence-corrected chi connectivity index (χ2v) is 5.38. The van der Waals surface area contributed by atoms with Gasteiger partial charge in [-0.3, -0.25) is 4.79 Å². The number of benzene rings is 1. The lowest BCUT2D eigenvalue weighted by Gasteiger charge is -2.32. The largest absolute Gasteiger partial charge is 0.337 e. The lowest BCUT2D eigenvalue weighted by atomic mass is 10.1. The van der Waals surface area contributed by atoms with Gasteiger partial charge in [0.2, 0.25) is 0 Å². The molecule has 1 saturated heterocycles. The van der Waals surface area contributed by atoms with Crippen LogP contribution in [0.4, 0.5) is 0 Å². The standard InChI is InChI=1S/C13H16Cl2N2O/c1-17(10-3-2-6-16-8-10)13(18)11-7-9(14)4-5-12(11)15/h4-5,7,10,16H,2-3,6,8H2,1H3/t10-/m0/s1. The number of amides is 1. The second-order valence-electron chi connectivity index (χ2n) is 4.54. The number of likely N-dealkylation sites (N-methyl/N-ethyl adjacent to an activating group) is 1. The Morgan fingerprint density at radius 2 is 2.22 bits per heavy atom. The number of halogens is 2. The van der Waals surface area contributed by atoms with Gasteiger partial charge in [-0.05, 0) is 37.6 Å². The molecule has 1 N–H and O–H groups in total. The summed E-state index contributed by atoms with van der Waals surface area (Å²) in [5.41, 5.74) is 0.470. The summed E-state index contributed by atoms with van der Waals surface area (Å²) < 4.78 is 0. The number of hydrogen-bond donors (Lipinski definition) is 1. The highest BCUT2D eigenvalue weighted by atomic mass is 35.5. The highest BCUT2D eigenvalue weighted by molar-refractivity contribution is 6.35. The molecule has 1 fully saturated rings. The highest BCUT2D eigenvalue weighted by Crippen LogP contribution is 2.23. The van der Waals surface area contributed by atoms with Crippen molar-refractivity contribution in [2.45, 2.75) is 18.9 Å². The molecule has 1 aliphatic rings. The molecule has 0 aromatic heterocycles. The molecule has 2 rings (SSSR count). The normalized spacial score (nSPS) is 19.6. The van der Waals surface area contributed by atoms with Gasteiger partial charge in [0.25, 0.3) is 5.91 Å². The maximum Gasteiger partial charge on any atom is 0.255 e. The van der Waals surface area contributed by atoms with Crippen LogP contribution in [0.15, 0.2) is 18.2 Å². The number of nitrogens with one attached hydrogen (secondary N) is 1. The molecule has 1 aromatic carbocycles. The Morgan fingerprint density at radius 1 is 1.44 bits per heavy atom. The summed E-state index contributed by atoms with van der Waals surface area (Å²) in [5.74, 6) is -0.0730. The minimum atomic E-state index is -0.0730. The summed E-state index contributed by atoms with van der Waals surface area (Å²) in [6, 6.07) is 5.19. The van der Waals surface area contributed by atoms with Gasteiger partial charge in [-0.2, -0.15) is 0 Å². The highest BCUT2D eigenvalue weighted by Gasteiger charge is 2.24. The van der Waals surface area contributed by atoms with Gasteiger partial charge in [0.1, 0.15) is 0 Å². The van der Waals surface area contributed by atoms with Gasteiger partial charge >= 0.3 is 0 Å². The fourth-order valence-corrected chi connectivity index (χ4v) is 2.55. The predicted molar refractivity (Wildman–Crippen MR) is 74.4 cm³/mol. The van der Waals surface area contributed by atoms with Crippen molar-refractivity contribution in [3.63, 3.8) is 0 Å². The first-order valence-electron chi connectivity index (χ1n) is 6.02. The molecule has 18 heavy (non-hydrogen) atoms. The first-order chi connectivity index (χ1) is 8.59. The van der Waals surface area contributed by atoms with E-state index in [1.54, 1.807) is 23.1 Å². The van der Waals surface area contributed by atoms with Gasteiger partial charge in [-0.25, -0.2) is 0 Å². The van der Waals surface area contributed by atoms with Crippen LogP contribution >= 0.6 is 23.2 Å². The molecule has 1 aliphatic heterocycles. The van der Waals surface area contributed by atoms with Gasteiger partial charge in [-0.1, -0.05) is 23.2 Å². The van der Waals surface area contributed by atoms with Crippen molar-refractivity contribution >= 4 is 29.1 Å². The summed E-state index contributed by atoms with van der Waals surface area (Å²) in [6.07, 6.45) is 2.11. The molecule has 1 aromatic rings. The topological polar surface area (TPSA) is 32.3 Å². The summed E-state index contributed by atoms with van der Waals surface area (Å²) >= 11 is 12.0. The third-order valence-corrected chi connectivity index (χ3v) is 3.86. The Bertz CT molecular complexity index is 445. The summed E-state index contributed by atoms with van der Waals surface area (Å²) in [5, 5.41) is 4.27. The van der Waals surface area contributed by atoms with Crippen molar-refractivity contribution < 1.29 is 4.79 Å². The Hall–Kier alpha value is -0.770. The van der Waals surface area contributed by atoms with Crippen molar-refractivity contribution in [3.05, 3.63) is 33.8 Å². The van der Waals surface area contributed by atoms with Crippen LogP contribution < -0.4 is 5.32 Å². The van der Waals surface area contributed by atoms with Crippen LogP contribution in [0.1, 0.15) is 23.2 Å². The van der Waals surface area contributed by atoms with Crippen molar-refractivity contribution in [2.75, 3.05) is 20.1 Å². The molecule has 1 heterocycles. The number of hydrogen-bond acceptors (Lipinski definition) is 2. The Kier molecular flexibility index (Phi) is 4.49. The molecule has 1 amide bonds. The van der Waals surface area contributed by atoms with Crippen molar-refractivity contribution in [2.24, 2.45) is 0 Å². The Morgan fingerprint density at radius 3 is 2.89 bits per heavy atom. The lowest BCUT2D eigenvalue weighted by Crippen LogP contribution is -2.46. The SMILES string of the molecule is CN(C(=O)c1cc(Cl)ccc1Cl)[C@H]1CCCNC1. The van der Waals surface area contributed by atoms with E-state index in [2.05, 4.69) is 5.32 Å². The zero-order valence-electron chi connectivity index (χ0n) is 10.2. The number of rotatable bonds is 2. The molecular weight excluding hydrogens is 271 g/mol. The summed E-state index contributed by atoms with van der Waals surface area (Å²) in [7, 11) is 1.82. The monoisotopic (exact) mass is 286 g/mol. The summed E-state index contributed by atoms with van der Waals surface area (Å²) in [4.78, 5) is 14.1. The van der Waals surface area contributed by atoms with E-state index in [0.717, 1.165) is 25.9 Å². The molecule has 98 valence electrons. The fraction of sp³-hybridized carbons (Fsp3) is 0.462. The van der Waals surface area contributed by atoms with Crippen LogP contribution in [-0.4, -0.2) is 37.0 Å². The molecule has 0 aliphatic carbocycles. The third-order valence-electron chi connectivity index (χ3n) is 3.30. The van der Waals surface area contributed by atoms with Crippen LogP contribution in [0.3, 0.4) is 0 Å². The molecule has 3 nitrogen and oxygen atoms in total. The molecule has 0 unspecified atom stereocenters. The minimum absolute atomic E-state index is 0.0730. The van der Waals surface area contributed by atoms with E-state index in [9.17, 15) is 4.79 Å². The van der Waals surface area contributed by atoms with Crippen molar-refractivity contribution in [1.29, 1.82) is 0 Å². The summed E-state index contributed by atoms with van der Waals surface area (Å²) in [6.45, 7) is 1.86. The molecule has 0 saturated carbocycles. The van der Waals surface area contributed by atoms with Crippen LogP contribution in [-0.2, 0) is 0 Å². The average Bonchev–Trinajstić information content (AvgIpc) is 2.41. The second kappa shape index (κ2) is 5.91. The zero-order valence-corrected chi connectivity index (χ0v) is 11.8. The fourth-order valence-electron chi connectivity index (χ4n) is 2.18.